The second-order valence-corrected chi connectivity index (χ2v) is 8.65. The van der Waals surface area contributed by atoms with E-state index in [4.69, 9.17) is 23.7 Å². The molecular formula is C25H27BrN4O8. The van der Waals surface area contributed by atoms with Crippen LogP contribution in [0.25, 0.3) is 0 Å². The number of ether oxygens (including phenoxy) is 5. The molecule has 12 nitrogen and oxygen atoms in total. The number of allylic oxidation sites excluding steroid dienone is 1. The summed E-state index contributed by atoms with van der Waals surface area (Å²) >= 11 is 3.40. The fraction of sp³-hybridized carbons (Fsp3) is 0.280. The number of halogens is 1. The van der Waals surface area contributed by atoms with Crippen molar-refractivity contribution in [2.75, 3.05) is 35.0 Å². The van der Waals surface area contributed by atoms with Gasteiger partial charge in [0.05, 0.1) is 50.7 Å². The molecule has 0 fully saturated rings. The molecule has 1 heterocycles. The number of nitrogens with one attached hydrogen (secondary N) is 3. The Morgan fingerprint density at radius 1 is 1.05 bits per heavy atom. The number of rotatable bonds is 10. The molecule has 0 radical (unpaired) electrons. The Kier molecular flexibility index (Phi) is 9.55. The van der Waals surface area contributed by atoms with Gasteiger partial charge in [-0.15, -0.1) is 0 Å². The summed E-state index contributed by atoms with van der Waals surface area (Å²) in [5, 5.41) is 9.20. The highest BCUT2D eigenvalue weighted by atomic mass is 79.9. The highest BCUT2D eigenvalue weighted by Gasteiger charge is 2.32. The number of carbonyl (C=O) groups excluding carboxylic acids is 3. The van der Waals surface area contributed by atoms with E-state index in [1.807, 2.05) is 0 Å². The number of urea groups is 1. The lowest BCUT2D eigenvalue weighted by Gasteiger charge is -2.28. The molecule has 2 aromatic rings. The van der Waals surface area contributed by atoms with Gasteiger partial charge in [0.15, 0.2) is 29.6 Å². The SMILES string of the molecule is COC(=O)C1=C(C)NC(=O)N[C@H]1c1ccc(OCC(=O)N/N=C\c2cc(Br)c(OC)c(OC)c2)c(OC)c1. The number of methoxy groups -OCH3 is 4. The van der Waals surface area contributed by atoms with E-state index in [0.29, 0.717) is 38.5 Å². The number of hydrogen-bond acceptors (Lipinski definition) is 9. The van der Waals surface area contributed by atoms with E-state index >= 15 is 0 Å². The second-order valence-electron chi connectivity index (χ2n) is 7.79. The minimum Gasteiger partial charge on any atom is -0.493 e. The molecule has 38 heavy (non-hydrogen) atoms. The molecule has 3 rings (SSSR count). The molecule has 1 aliphatic heterocycles. The number of carbonyl (C=O) groups is 3. The van der Waals surface area contributed by atoms with Crippen LogP contribution in [-0.4, -0.2) is 59.2 Å². The van der Waals surface area contributed by atoms with Crippen LogP contribution < -0.4 is 35.0 Å². The van der Waals surface area contributed by atoms with E-state index in [1.54, 1.807) is 37.3 Å². The molecule has 2 aromatic carbocycles. The molecule has 0 saturated heterocycles. The number of esters is 1. The van der Waals surface area contributed by atoms with Gasteiger partial charge in [0, 0.05) is 5.70 Å². The smallest absolute Gasteiger partial charge is 0.337 e. The Bertz CT molecular complexity index is 1290. The van der Waals surface area contributed by atoms with Gasteiger partial charge < -0.3 is 34.3 Å². The van der Waals surface area contributed by atoms with Gasteiger partial charge >= 0.3 is 12.0 Å². The summed E-state index contributed by atoms with van der Waals surface area (Å²) in [5.74, 6) is 0.517. The molecule has 3 N–H and O–H groups in total. The Morgan fingerprint density at radius 2 is 1.79 bits per heavy atom. The summed E-state index contributed by atoms with van der Waals surface area (Å²) in [7, 11) is 5.74. The molecule has 0 bridgehead atoms. The van der Waals surface area contributed by atoms with Crippen LogP contribution in [0.5, 0.6) is 23.0 Å². The lowest BCUT2D eigenvalue weighted by atomic mass is 9.95. The van der Waals surface area contributed by atoms with Gasteiger partial charge in [-0.3, -0.25) is 4.79 Å². The van der Waals surface area contributed by atoms with Crippen LogP contribution in [0.15, 0.2) is 51.2 Å². The highest BCUT2D eigenvalue weighted by Crippen LogP contribution is 2.36. The summed E-state index contributed by atoms with van der Waals surface area (Å²) in [6.45, 7) is 1.26. The van der Waals surface area contributed by atoms with Crippen LogP contribution in [0.2, 0.25) is 0 Å². The molecule has 0 unspecified atom stereocenters. The zero-order valence-electron chi connectivity index (χ0n) is 21.3. The van der Waals surface area contributed by atoms with E-state index < -0.39 is 23.9 Å². The maximum Gasteiger partial charge on any atom is 0.337 e. The Balaban J connectivity index is 1.68. The largest absolute Gasteiger partial charge is 0.493 e. The number of hydrogen-bond donors (Lipinski definition) is 3. The normalized spacial score (nSPS) is 14.9. The second kappa shape index (κ2) is 12.8. The van der Waals surface area contributed by atoms with Gasteiger partial charge in [0.25, 0.3) is 5.91 Å². The topological polar surface area (TPSA) is 146 Å². The van der Waals surface area contributed by atoms with Crippen LogP contribution >= 0.6 is 15.9 Å². The Labute approximate surface area is 227 Å². The first kappa shape index (κ1) is 28.3. The van der Waals surface area contributed by atoms with Crippen molar-refractivity contribution in [3.8, 4) is 23.0 Å². The van der Waals surface area contributed by atoms with Crippen molar-refractivity contribution >= 4 is 40.1 Å². The van der Waals surface area contributed by atoms with Gasteiger partial charge in [-0.1, -0.05) is 6.07 Å². The molecular weight excluding hydrogens is 564 g/mol. The third-order valence-electron chi connectivity index (χ3n) is 5.41. The van der Waals surface area contributed by atoms with Crippen LogP contribution in [0.3, 0.4) is 0 Å². The van der Waals surface area contributed by atoms with Crippen molar-refractivity contribution in [3.05, 3.63) is 57.2 Å². The summed E-state index contributed by atoms with van der Waals surface area (Å²) < 4.78 is 27.1. The van der Waals surface area contributed by atoms with Gasteiger partial charge in [-0.25, -0.2) is 15.0 Å². The molecule has 13 heteroatoms. The minimum absolute atomic E-state index is 0.251. The van der Waals surface area contributed by atoms with Crippen molar-refractivity contribution in [2.24, 2.45) is 5.10 Å². The Hall–Kier alpha value is -4.26. The zero-order valence-corrected chi connectivity index (χ0v) is 22.9. The fourth-order valence-corrected chi connectivity index (χ4v) is 4.30. The molecule has 3 amide bonds. The van der Waals surface area contributed by atoms with Gasteiger partial charge in [0.1, 0.15) is 0 Å². The minimum atomic E-state index is -0.770. The Morgan fingerprint density at radius 3 is 2.45 bits per heavy atom. The van der Waals surface area contributed by atoms with Crippen molar-refractivity contribution in [1.82, 2.24) is 16.1 Å². The van der Waals surface area contributed by atoms with E-state index in [2.05, 4.69) is 37.1 Å². The van der Waals surface area contributed by atoms with Gasteiger partial charge in [-0.05, 0) is 58.2 Å². The third kappa shape index (κ3) is 6.54. The molecule has 0 aliphatic carbocycles. The highest BCUT2D eigenvalue weighted by molar-refractivity contribution is 9.10. The average molecular weight is 591 g/mol. The molecule has 1 aliphatic rings. The van der Waals surface area contributed by atoms with Crippen molar-refractivity contribution in [1.29, 1.82) is 0 Å². The molecule has 1 atom stereocenters. The quantitative estimate of drug-likeness (QED) is 0.217. The zero-order chi connectivity index (χ0) is 27.8. The maximum absolute atomic E-state index is 12.3. The standard InChI is InChI=1S/C25H27BrN4O8/c1-13-21(24(32)37-5)22(29-25(33)28-13)15-6-7-17(18(10-15)34-2)38-12-20(31)30-27-11-14-8-16(26)23(36-4)19(9-14)35-3/h6-11,22H,12H2,1-5H3,(H,30,31)(H2,28,29,33)/b27-11-/t22-/m0/s1. The van der Waals surface area contributed by atoms with Crippen LogP contribution in [0, 0.1) is 0 Å². The van der Waals surface area contributed by atoms with Crippen LogP contribution in [0.1, 0.15) is 24.1 Å². The maximum atomic E-state index is 12.3. The van der Waals surface area contributed by atoms with E-state index in [-0.39, 0.29) is 17.9 Å². The summed E-state index contributed by atoms with van der Waals surface area (Å²) in [6, 6.07) is 7.06. The number of hydrazone groups is 1. The van der Waals surface area contributed by atoms with E-state index in [1.165, 1.54) is 34.7 Å². The first-order valence-corrected chi connectivity index (χ1v) is 11.9. The lowest BCUT2D eigenvalue weighted by molar-refractivity contribution is -0.136. The average Bonchev–Trinajstić information content (AvgIpc) is 2.90. The number of nitrogens with zero attached hydrogens (tertiary/aromatic N) is 1. The van der Waals surface area contributed by atoms with Crippen molar-refractivity contribution in [3.63, 3.8) is 0 Å². The van der Waals surface area contributed by atoms with Gasteiger partial charge in [-0.2, -0.15) is 5.10 Å². The first-order chi connectivity index (χ1) is 18.2. The third-order valence-corrected chi connectivity index (χ3v) is 6.00. The number of benzene rings is 2. The summed E-state index contributed by atoms with van der Waals surface area (Å²) in [6.07, 6.45) is 1.45. The molecule has 0 saturated carbocycles. The fourth-order valence-electron chi connectivity index (χ4n) is 3.67. The molecule has 0 aromatic heterocycles. The van der Waals surface area contributed by atoms with Gasteiger partial charge in [0.2, 0.25) is 0 Å². The van der Waals surface area contributed by atoms with Crippen LogP contribution in [0.4, 0.5) is 4.79 Å². The predicted octanol–water partition coefficient (Wildman–Crippen LogP) is 2.80. The number of amides is 3. The van der Waals surface area contributed by atoms with E-state index in [9.17, 15) is 14.4 Å². The molecule has 202 valence electrons. The summed E-state index contributed by atoms with van der Waals surface area (Å²) in [5.41, 5.74) is 4.23. The lowest BCUT2D eigenvalue weighted by Crippen LogP contribution is -2.45. The predicted molar refractivity (Wildman–Crippen MR) is 141 cm³/mol. The van der Waals surface area contributed by atoms with Crippen molar-refractivity contribution in [2.45, 2.75) is 13.0 Å². The monoisotopic (exact) mass is 590 g/mol. The molecule has 0 spiro atoms. The van der Waals surface area contributed by atoms with Crippen LogP contribution in [-0.2, 0) is 14.3 Å². The first-order valence-electron chi connectivity index (χ1n) is 11.1. The summed E-state index contributed by atoms with van der Waals surface area (Å²) in [4.78, 5) is 36.6. The van der Waals surface area contributed by atoms with Crippen molar-refractivity contribution < 1.29 is 38.1 Å². The van der Waals surface area contributed by atoms with E-state index in [0.717, 1.165) is 0 Å².